The van der Waals surface area contributed by atoms with Gasteiger partial charge in [-0.3, -0.25) is 0 Å². The molecule has 2 N–H and O–H groups in total. The van der Waals surface area contributed by atoms with Crippen LogP contribution in [-0.2, 0) is 0 Å². The van der Waals surface area contributed by atoms with Crippen LogP contribution in [0, 0.1) is 5.82 Å². The number of benzene rings is 2. The number of nitrogens with zero attached hydrogens (tertiary/aromatic N) is 6. The van der Waals surface area contributed by atoms with Crippen molar-refractivity contribution in [3.05, 3.63) is 90.6 Å². The zero-order valence-electron chi connectivity index (χ0n) is 19.8. The molecule has 10 heteroatoms. The SMILES string of the molecule is O=C(O)N1CCC(c2ccc(Nc3nc4c(-c5cnn(-c6ccc(F)cc6)c5)cccn4n3)cc2)CC1. The highest BCUT2D eigenvalue weighted by Crippen LogP contribution is 2.30. The molecule has 1 aliphatic heterocycles. The highest BCUT2D eigenvalue weighted by molar-refractivity contribution is 5.77. The zero-order valence-corrected chi connectivity index (χ0v) is 19.8. The van der Waals surface area contributed by atoms with E-state index in [1.807, 2.05) is 36.7 Å². The van der Waals surface area contributed by atoms with Gasteiger partial charge in [-0.2, -0.15) is 10.1 Å². The molecule has 5 aromatic rings. The minimum atomic E-state index is -0.845. The lowest BCUT2D eigenvalue weighted by Gasteiger charge is -2.30. The second-order valence-corrected chi connectivity index (χ2v) is 9.07. The molecule has 9 nitrogen and oxygen atoms in total. The summed E-state index contributed by atoms with van der Waals surface area (Å²) in [5.41, 5.74) is 5.27. The first-order valence-corrected chi connectivity index (χ1v) is 12.0. The van der Waals surface area contributed by atoms with Gasteiger partial charge >= 0.3 is 6.09 Å². The van der Waals surface area contributed by atoms with Gasteiger partial charge in [0.25, 0.3) is 0 Å². The molecule has 6 rings (SSSR count). The average Bonchev–Trinajstić information content (AvgIpc) is 3.57. The predicted octanol–water partition coefficient (Wildman–Crippen LogP) is 5.32. The number of amides is 1. The lowest BCUT2D eigenvalue weighted by Crippen LogP contribution is -2.36. The maximum absolute atomic E-state index is 13.3. The third-order valence-corrected chi connectivity index (χ3v) is 6.75. The molecule has 0 radical (unpaired) electrons. The van der Waals surface area contributed by atoms with Crippen molar-refractivity contribution in [2.45, 2.75) is 18.8 Å². The number of carboxylic acid groups (broad SMARTS) is 1. The molecule has 2 aromatic carbocycles. The molecule has 37 heavy (non-hydrogen) atoms. The van der Waals surface area contributed by atoms with Gasteiger partial charge in [0.05, 0.1) is 11.9 Å². The summed E-state index contributed by atoms with van der Waals surface area (Å²) >= 11 is 0. The van der Waals surface area contributed by atoms with Crippen molar-refractivity contribution in [2.24, 2.45) is 0 Å². The number of piperidine rings is 1. The molecule has 1 amide bonds. The van der Waals surface area contributed by atoms with Gasteiger partial charge < -0.3 is 15.3 Å². The molecular weight excluding hydrogens is 473 g/mol. The molecule has 0 spiro atoms. The molecule has 4 heterocycles. The highest BCUT2D eigenvalue weighted by Gasteiger charge is 2.23. The Morgan fingerprint density at radius 3 is 2.51 bits per heavy atom. The van der Waals surface area contributed by atoms with Gasteiger partial charge in [0, 0.05) is 42.3 Å². The molecule has 0 unspecified atom stereocenters. The van der Waals surface area contributed by atoms with Crippen LogP contribution >= 0.6 is 0 Å². The van der Waals surface area contributed by atoms with Crippen LogP contribution in [0.4, 0.5) is 20.8 Å². The largest absolute Gasteiger partial charge is 0.465 e. The van der Waals surface area contributed by atoms with Crippen molar-refractivity contribution in [3.63, 3.8) is 0 Å². The smallest absolute Gasteiger partial charge is 0.407 e. The number of hydrogen-bond donors (Lipinski definition) is 2. The summed E-state index contributed by atoms with van der Waals surface area (Å²) in [5.74, 6) is 0.539. The van der Waals surface area contributed by atoms with E-state index in [4.69, 9.17) is 10.1 Å². The van der Waals surface area contributed by atoms with Gasteiger partial charge in [0.15, 0.2) is 5.65 Å². The summed E-state index contributed by atoms with van der Waals surface area (Å²) in [6, 6.07) is 18.2. The first kappa shape index (κ1) is 22.7. The van der Waals surface area contributed by atoms with Crippen LogP contribution in [0.15, 0.2) is 79.3 Å². The van der Waals surface area contributed by atoms with Crippen LogP contribution in [0.25, 0.3) is 22.5 Å². The number of halogens is 1. The number of likely N-dealkylation sites (tertiary alicyclic amines) is 1. The van der Waals surface area contributed by atoms with E-state index in [0.717, 1.165) is 35.3 Å². The Bertz CT molecular complexity index is 1550. The van der Waals surface area contributed by atoms with Crippen LogP contribution in [0.5, 0.6) is 0 Å². The minimum Gasteiger partial charge on any atom is -0.465 e. The number of hydrogen-bond acceptors (Lipinski definition) is 5. The number of aromatic nitrogens is 5. The van der Waals surface area contributed by atoms with Crippen LogP contribution in [0.3, 0.4) is 0 Å². The molecule has 1 fully saturated rings. The standard InChI is InChI=1S/C27H24FN7O2/c28-21-5-9-23(10-6-21)35-17-20(16-29-35)24-2-1-13-34-25(24)31-26(32-34)30-22-7-3-18(4-8-22)19-11-14-33(15-12-19)27(36)37/h1-10,13,16-17,19H,11-12,14-15H2,(H,30,32)(H,36,37). The summed E-state index contributed by atoms with van der Waals surface area (Å²) in [4.78, 5) is 17.3. The fourth-order valence-electron chi connectivity index (χ4n) is 4.75. The van der Waals surface area contributed by atoms with E-state index in [1.165, 1.54) is 22.6 Å². The van der Waals surface area contributed by atoms with Gasteiger partial charge in [-0.25, -0.2) is 18.4 Å². The molecule has 186 valence electrons. The maximum atomic E-state index is 13.3. The number of anilines is 2. The van der Waals surface area contributed by atoms with Crippen LogP contribution in [0.1, 0.15) is 24.3 Å². The van der Waals surface area contributed by atoms with Crippen molar-refractivity contribution in [1.82, 2.24) is 29.3 Å². The molecular formula is C27H24FN7O2. The van der Waals surface area contributed by atoms with Gasteiger partial charge in [-0.15, -0.1) is 5.10 Å². The Labute approximate surface area is 211 Å². The van der Waals surface area contributed by atoms with Crippen molar-refractivity contribution in [1.29, 1.82) is 0 Å². The Morgan fingerprint density at radius 2 is 1.78 bits per heavy atom. The average molecular weight is 498 g/mol. The number of fused-ring (bicyclic) bond motifs is 1. The number of rotatable bonds is 5. The Kier molecular flexibility index (Phi) is 5.76. The van der Waals surface area contributed by atoms with E-state index >= 15 is 0 Å². The van der Waals surface area contributed by atoms with Crippen LogP contribution in [0.2, 0.25) is 0 Å². The summed E-state index contributed by atoms with van der Waals surface area (Å²) in [6.07, 6.45) is 6.28. The highest BCUT2D eigenvalue weighted by atomic mass is 19.1. The Balaban J connectivity index is 1.19. The second kappa shape index (κ2) is 9.38. The lowest BCUT2D eigenvalue weighted by molar-refractivity contribution is 0.132. The normalized spacial score (nSPS) is 14.2. The lowest BCUT2D eigenvalue weighted by atomic mass is 9.89. The maximum Gasteiger partial charge on any atom is 0.407 e. The van der Waals surface area contributed by atoms with E-state index in [0.29, 0.717) is 30.6 Å². The van der Waals surface area contributed by atoms with Crippen LogP contribution < -0.4 is 5.32 Å². The van der Waals surface area contributed by atoms with Gasteiger partial charge in [0.1, 0.15) is 5.82 Å². The molecule has 1 aliphatic rings. The fourth-order valence-corrected chi connectivity index (χ4v) is 4.75. The molecule has 3 aromatic heterocycles. The van der Waals surface area contributed by atoms with Gasteiger partial charge in [-0.05, 0) is 72.9 Å². The third-order valence-electron chi connectivity index (χ3n) is 6.75. The van der Waals surface area contributed by atoms with E-state index < -0.39 is 6.09 Å². The van der Waals surface area contributed by atoms with Crippen molar-refractivity contribution >= 4 is 23.4 Å². The molecule has 0 atom stereocenters. The first-order chi connectivity index (χ1) is 18.0. The summed E-state index contributed by atoms with van der Waals surface area (Å²) in [6.45, 7) is 1.13. The van der Waals surface area contributed by atoms with Crippen LogP contribution in [-0.4, -0.2) is 53.6 Å². The van der Waals surface area contributed by atoms with E-state index in [2.05, 4.69) is 27.6 Å². The van der Waals surface area contributed by atoms with Crippen molar-refractivity contribution in [3.8, 4) is 16.8 Å². The van der Waals surface area contributed by atoms with Crippen molar-refractivity contribution in [2.75, 3.05) is 18.4 Å². The van der Waals surface area contributed by atoms with Crippen molar-refractivity contribution < 1.29 is 14.3 Å². The minimum absolute atomic E-state index is 0.292. The number of carbonyl (C=O) groups is 1. The summed E-state index contributed by atoms with van der Waals surface area (Å²) in [7, 11) is 0. The number of pyridine rings is 1. The predicted molar refractivity (Wildman–Crippen MR) is 137 cm³/mol. The quantitative estimate of drug-likeness (QED) is 0.341. The Hall–Kier alpha value is -4.73. The van der Waals surface area contributed by atoms with Gasteiger partial charge in [-0.1, -0.05) is 12.1 Å². The monoisotopic (exact) mass is 497 g/mol. The van der Waals surface area contributed by atoms with Gasteiger partial charge in [0.2, 0.25) is 5.95 Å². The zero-order chi connectivity index (χ0) is 25.4. The second-order valence-electron chi connectivity index (χ2n) is 9.07. The molecule has 0 aliphatic carbocycles. The first-order valence-electron chi connectivity index (χ1n) is 12.0. The molecule has 0 saturated carbocycles. The molecule has 0 bridgehead atoms. The topological polar surface area (TPSA) is 101 Å². The third kappa shape index (κ3) is 4.61. The van der Waals surface area contributed by atoms with E-state index in [1.54, 1.807) is 27.5 Å². The fraction of sp³-hybridized carbons (Fsp3) is 0.185. The number of nitrogens with one attached hydrogen (secondary N) is 1. The Morgan fingerprint density at radius 1 is 1.03 bits per heavy atom. The molecule has 1 saturated heterocycles. The van der Waals surface area contributed by atoms with E-state index in [9.17, 15) is 9.18 Å². The summed E-state index contributed by atoms with van der Waals surface area (Å²) < 4.78 is 16.7. The summed E-state index contributed by atoms with van der Waals surface area (Å²) in [5, 5.41) is 21.4. The van der Waals surface area contributed by atoms with E-state index in [-0.39, 0.29) is 5.82 Å².